The van der Waals surface area contributed by atoms with Crippen molar-refractivity contribution in [3.05, 3.63) is 23.8 Å². The third-order valence-electron chi connectivity index (χ3n) is 3.69. The Morgan fingerprint density at radius 3 is 2.52 bits per heavy atom. The topological polar surface area (TPSA) is 66.5 Å². The summed E-state index contributed by atoms with van der Waals surface area (Å²) in [5.41, 5.74) is 2.03. The number of carbonyl (C=O) groups is 1. The molecular formula is C17H26N2O3S. The second-order valence-electron chi connectivity index (χ2n) is 7.58. The minimum absolute atomic E-state index is 0.0711. The number of hydrogen-bond donors (Lipinski definition) is 1. The standard InChI is InChI=1S/C17H26N2O3S/c1-12(2)11-23(21,22)18-14-6-7-15-13(10-14)8-9-19(15)16(20)17(3,4)5/h6-7,10,12,18H,8-9,11H2,1-5H3. The van der Waals surface area contributed by atoms with Crippen LogP contribution in [0, 0.1) is 11.3 Å². The first-order valence-electron chi connectivity index (χ1n) is 7.95. The number of nitrogens with one attached hydrogen (secondary N) is 1. The van der Waals surface area contributed by atoms with Crippen molar-refractivity contribution < 1.29 is 13.2 Å². The number of sulfonamides is 1. The Morgan fingerprint density at radius 2 is 1.96 bits per heavy atom. The maximum atomic E-state index is 12.5. The predicted molar refractivity (Wildman–Crippen MR) is 94.2 cm³/mol. The van der Waals surface area contributed by atoms with Gasteiger partial charge in [0.1, 0.15) is 0 Å². The van der Waals surface area contributed by atoms with Gasteiger partial charge in [-0.2, -0.15) is 0 Å². The zero-order valence-corrected chi connectivity index (χ0v) is 15.3. The SMILES string of the molecule is CC(C)CS(=O)(=O)Nc1ccc2c(c1)CCN2C(=O)C(C)(C)C. The molecule has 1 amide bonds. The number of anilines is 2. The lowest BCUT2D eigenvalue weighted by Gasteiger charge is -2.26. The minimum atomic E-state index is -3.33. The van der Waals surface area contributed by atoms with Crippen LogP contribution in [0.15, 0.2) is 18.2 Å². The van der Waals surface area contributed by atoms with Gasteiger partial charge in [-0.1, -0.05) is 34.6 Å². The molecule has 0 spiro atoms. The fraction of sp³-hybridized carbons (Fsp3) is 0.588. The van der Waals surface area contributed by atoms with Crippen molar-refractivity contribution >= 4 is 27.3 Å². The summed E-state index contributed by atoms with van der Waals surface area (Å²) >= 11 is 0. The third-order valence-corrected chi connectivity index (χ3v) is 5.34. The Bertz CT molecular complexity index is 703. The van der Waals surface area contributed by atoms with E-state index < -0.39 is 15.4 Å². The van der Waals surface area contributed by atoms with Gasteiger partial charge in [-0.15, -0.1) is 0 Å². The van der Waals surface area contributed by atoms with E-state index in [1.54, 1.807) is 11.0 Å². The summed E-state index contributed by atoms with van der Waals surface area (Å²) in [6.45, 7) is 10.1. The van der Waals surface area contributed by atoms with E-state index in [9.17, 15) is 13.2 Å². The fourth-order valence-corrected chi connectivity index (χ4v) is 4.19. The van der Waals surface area contributed by atoms with Crippen LogP contribution in [0.5, 0.6) is 0 Å². The number of carbonyl (C=O) groups excluding carboxylic acids is 1. The van der Waals surface area contributed by atoms with E-state index in [1.165, 1.54) is 0 Å². The van der Waals surface area contributed by atoms with E-state index >= 15 is 0 Å². The Kier molecular flexibility index (Phi) is 4.76. The first-order valence-corrected chi connectivity index (χ1v) is 9.60. The van der Waals surface area contributed by atoms with E-state index in [0.29, 0.717) is 12.2 Å². The molecule has 0 bridgehead atoms. The molecule has 23 heavy (non-hydrogen) atoms. The number of fused-ring (bicyclic) bond motifs is 1. The second-order valence-corrected chi connectivity index (χ2v) is 9.34. The molecule has 0 aliphatic carbocycles. The summed E-state index contributed by atoms with van der Waals surface area (Å²) in [7, 11) is -3.33. The maximum Gasteiger partial charge on any atom is 0.232 e. The van der Waals surface area contributed by atoms with Crippen LogP contribution >= 0.6 is 0 Å². The molecule has 0 unspecified atom stereocenters. The van der Waals surface area contributed by atoms with Crippen LogP contribution in [-0.4, -0.2) is 26.6 Å². The lowest BCUT2D eigenvalue weighted by molar-refractivity contribution is -0.125. The first-order chi connectivity index (χ1) is 10.5. The molecule has 5 nitrogen and oxygen atoms in total. The molecule has 0 atom stereocenters. The van der Waals surface area contributed by atoms with Gasteiger partial charge in [-0.05, 0) is 36.1 Å². The summed E-state index contributed by atoms with van der Waals surface area (Å²) in [4.78, 5) is 14.3. The number of nitrogens with zero attached hydrogens (tertiary/aromatic N) is 1. The van der Waals surface area contributed by atoms with Crippen molar-refractivity contribution in [1.82, 2.24) is 0 Å². The van der Waals surface area contributed by atoms with Crippen molar-refractivity contribution in [3.63, 3.8) is 0 Å². The lowest BCUT2D eigenvalue weighted by atomic mass is 9.94. The highest BCUT2D eigenvalue weighted by Gasteiger charge is 2.32. The van der Waals surface area contributed by atoms with Crippen molar-refractivity contribution in [1.29, 1.82) is 0 Å². The zero-order chi connectivity index (χ0) is 17.4. The highest BCUT2D eigenvalue weighted by molar-refractivity contribution is 7.92. The minimum Gasteiger partial charge on any atom is -0.311 e. The maximum absolute atomic E-state index is 12.5. The van der Waals surface area contributed by atoms with E-state index in [1.807, 2.05) is 46.8 Å². The van der Waals surface area contributed by atoms with Crippen molar-refractivity contribution in [2.45, 2.75) is 41.0 Å². The molecule has 1 aliphatic rings. The zero-order valence-electron chi connectivity index (χ0n) is 14.5. The van der Waals surface area contributed by atoms with Crippen molar-refractivity contribution in [3.8, 4) is 0 Å². The molecule has 128 valence electrons. The highest BCUT2D eigenvalue weighted by Crippen LogP contribution is 2.33. The molecule has 0 radical (unpaired) electrons. The third kappa shape index (κ3) is 4.25. The van der Waals surface area contributed by atoms with Crippen LogP contribution < -0.4 is 9.62 Å². The van der Waals surface area contributed by atoms with Crippen LogP contribution in [-0.2, 0) is 21.2 Å². The lowest BCUT2D eigenvalue weighted by Crippen LogP contribution is -2.38. The Hall–Kier alpha value is -1.56. The summed E-state index contributed by atoms with van der Waals surface area (Å²) in [6, 6.07) is 5.40. The van der Waals surface area contributed by atoms with Crippen LogP contribution in [0.4, 0.5) is 11.4 Å². The molecule has 0 saturated heterocycles. The predicted octanol–water partition coefficient (Wildman–Crippen LogP) is 3.02. The number of benzene rings is 1. The fourth-order valence-electron chi connectivity index (χ4n) is 2.74. The Labute approximate surface area is 139 Å². The van der Waals surface area contributed by atoms with Gasteiger partial charge in [0.15, 0.2) is 0 Å². The average Bonchev–Trinajstić information content (AvgIpc) is 2.77. The van der Waals surface area contributed by atoms with E-state index in [0.717, 1.165) is 17.7 Å². The van der Waals surface area contributed by atoms with Crippen LogP contribution in [0.25, 0.3) is 0 Å². The van der Waals surface area contributed by atoms with E-state index in [2.05, 4.69) is 4.72 Å². The summed E-state index contributed by atoms with van der Waals surface area (Å²) in [6.07, 6.45) is 0.747. The van der Waals surface area contributed by atoms with Gasteiger partial charge in [-0.3, -0.25) is 9.52 Å². The van der Waals surface area contributed by atoms with Crippen molar-refractivity contribution in [2.75, 3.05) is 21.9 Å². The largest absolute Gasteiger partial charge is 0.311 e. The Morgan fingerprint density at radius 1 is 1.30 bits per heavy atom. The van der Waals surface area contributed by atoms with Crippen LogP contribution in [0.2, 0.25) is 0 Å². The van der Waals surface area contributed by atoms with E-state index in [4.69, 9.17) is 0 Å². The van der Waals surface area contributed by atoms with Gasteiger partial charge in [-0.25, -0.2) is 8.42 Å². The van der Waals surface area contributed by atoms with Gasteiger partial charge in [0.25, 0.3) is 0 Å². The molecule has 0 fully saturated rings. The molecule has 1 heterocycles. The molecule has 6 heteroatoms. The monoisotopic (exact) mass is 338 g/mol. The first kappa shape index (κ1) is 17.8. The number of rotatable bonds is 4. The smallest absolute Gasteiger partial charge is 0.232 e. The summed E-state index contributed by atoms with van der Waals surface area (Å²) in [5, 5.41) is 0. The summed E-state index contributed by atoms with van der Waals surface area (Å²) in [5.74, 6) is 0.254. The summed E-state index contributed by atoms with van der Waals surface area (Å²) < 4.78 is 26.7. The second kappa shape index (κ2) is 6.15. The molecule has 0 saturated carbocycles. The average molecular weight is 338 g/mol. The molecule has 1 N–H and O–H groups in total. The molecule has 0 aromatic heterocycles. The van der Waals surface area contributed by atoms with Crippen LogP contribution in [0.1, 0.15) is 40.2 Å². The number of hydrogen-bond acceptors (Lipinski definition) is 3. The molecule has 2 rings (SSSR count). The van der Waals surface area contributed by atoms with Gasteiger partial charge >= 0.3 is 0 Å². The normalized spacial score (nSPS) is 15.0. The van der Waals surface area contributed by atoms with Crippen LogP contribution in [0.3, 0.4) is 0 Å². The molecule has 1 aromatic carbocycles. The molecule has 1 aromatic rings. The Balaban J connectivity index is 2.21. The van der Waals surface area contributed by atoms with Crippen molar-refractivity contribution in [2.24, 2.45) is 11.3 Å². The quantitative estimate of drug-likeness (QED) is 0.917. The van der Waals surface area contributed by atoms with Gasteiger partial charge in [0.05, 0.1) is 5.75 Å². The van der Waals surface area contributed by atoms with Gasteiger partial charge < -0.3 is 4.90 Å². The molecular weight excluding hydrogens is 312 g/mol. The van der Waals surface area contributed by atoms with Gasteiger partial charge in [0.2, 0.25) is 15.9 Å². The van der Waals surface area contributed by atoms with Gasteiger partial charge in [0, 0.05) is 23.3 Å². The highest BCUT2D eigenvalue weighted by atomic mass is 32.2. The number of amides is 1. The molecule has 1 aliphatic heterocycles. The van der Waals surface area contributed by atoms with E-state index in [-0.39, 0.29) is 17.6 Å².